The number of benzene rings is 1. The Morgan fingerprint density at radius 2 is 2.11 bits per heavy atom. The predicted molar refractivity (Wildman–Crippen MR) is 60.9 cm³/mol. The number of carboxylic acid groups (broad SMARTS) is 1. The Hall–Kier alpha value is -2.20. The molecule has 1 unspecified atom stereocenters. The van der Waals surface area contributed by atoms with Crippen molar-refractivity contribution in [2.24, 2.45) is 0 Å². The van der Waals surface area contributed by atoms with E-state index < -0.39 is 29.3 Å². The number of halogens is 2. The summed E-state index contributed by atoms with van der Waals surface area (Å²) in [5.74, 6) is -3.33. The van der Waals surface area contributed by atoms with Crippen molar-refractivity contribution in [3.8, 4) is 6.07 Å². The first-order chi connectivity index (χ1) is 9.02. The molecule has 1 heterocycles. The molecular weight excluding hydrogens is 258 g/mol. The molecule has 0 spiro atoms. The Bertz CT molecular complexity index is 533. The van der Waals surface area contributed by atoms with E-state index >= 15 is 0 Å². The minimum atomic E-state index is -1.40. The van der Waals surface area contributed by atoms with Gasteiger partial charge in [0, 0.05) is 6.54 Å². The van der Waals surface area contributed by atoms with Gasteiger partial charge in [0.25, 0.3) is 0 Å². The van der Waals surface area contributed by atoms with Crippen LogP contribution in [0.15, 0.2) is 12.1 Å². The highest BCUT2D eigenvalue weighted by Gasteiger charge is 2.26. The van der Waals surface area contributed by atoms with Crippen LogP contribution in [0.2, 0.25) is 0 Å². The van der Waals surface area contributed by atoms with Crippen LogP contribution < -0.4 is 4.90 Å². The summed E-state index contributed by atoms with van der Waals surface area (Å²) in [6.45, 7) is 0.451. The first-order valence-electron chi connectivity index (χ1n) is 5.51. The number of hydrogen-bond donors (Lipinski definition) is 1. The predicted octanol–water partition coefficient (Wildman–Crippen LogP) is 1.39. The number of rotatable bonds is 2. The molecule has 0 aliphatic carbocycles. The van der Waals surface area contributed by atoms with E-state index in [0.29, 0.717) is 0 Å². The van der Waals surface area contributed by atoms with E-state index in [9.17, 15) is 13.6 Å². The van der Waals surface area contributed by atoms with Gasteiger partial charge in [-0.1, -0.05) is 0 Å². The Morgan fingerprint density at radius 3 is 2.63 bits per heavy atom. The van der Waals surface area contributed by atoms with E-state index in [-0.39, 0.29) is 25.4 Å². The Balaban J connectivity index is 2.35. The van der Waals surface area contributed by atoms with Gasteiger partial charge in [-0.25, -0.2) is 13.6 Å². The van der Waals surface area contributed by atoms with Gasteiger partial charge in [-0.2, -0.15) is 5.26 Å². The lowest BCUT2D eigenvalue weighted by Gasteiger charge is -2.32. The summed E-state index contributed by atoms with van der Waals surface area (Å²) < 4.78 is 32.7. The molecule has 1 aliphatic rings. The van der Waals surface area contributed by atoms with Crippen LogP contribution in [0.25, 0.3) is 0 Å². The highest BCUT2D eigenvalue weighted by atomic mass is 19.1. The van der Waals surface area contributed by atoms with E-state index in [1.165, 1.54) is 4.90 Å². The molecule has 1 aromatic carbocycles. The molecule has 0 saturated carbocycles. The largest absolute Gasteiger partial charge is 0.478 e. The number of hydrogen-bond acceptors (Lipinski definition) is 4. The van der Waals surface area contributed by atoms with Crippen LogP contribution >= 0.6 is 0 Å². The molecule has 1 aromatic rings. The number of carboxylic acids is 1. The van der Waals surface area contributed by atoms with Crippen molar-refractivity contribution in [3.63, 3.8) is 0 Å². The summed E-state index contributed by atoms with van der Waals surface area (Å²) in [4.78, 5) is 12.0. The normalized spacial score (nSPS) is 19.0. The third-order valence-corrected chi connectivity index (χ3v) is 2.79. The van der Waals surface area contributed by atoms with Crippen molar-refractivity contribution in [3.05, 3.63) is 29.3 Å². The molecule has 0 aromatic heterocycles. The number of nitrogens with zero attached hydrogens (tertiary/aromatic N) is 2. The zero-order valence-corrected chi connectivity index (χ0v) is 9.77. The van der Waals surface area contributed by atoms with Gasteiger partial charge in [0.1, 0.15) is 17.3 Å². The smallest absolute Gasteiger partial charge is 0.335 e. The van der Waals surface area contributed by atoms with E-state index in [0.717, 1.165) is 12.1 Å². The number of aromatic carboxylic acids is 1. The van der Waals surface area contributed by atoms with E-state index in [4.69, 9.17) is 15.1 Å². The maximum absolute atomic E-state index is 13.8. The summed E-state index contributed by atoms with van der Waals surface area (Å²) in [6, 6.07) is 3.39. The lowest BCUT2D eigenvalue weighted by atomic mass is 10.1. The van der Waals surface area contributed by atoms with Crippen molar-refractivity contribution >= 4 is 11.7 Å². The van der Waals surface area contributed by atoms with Crippen LogP contribution in [0.4, 0.5) is 14.5 Å². The number of ether oxygens (including phenoxy) is 1. The monoisotopic (exact) mass is 268 g/mol. The molecule has 1 aliphatic heterocycles. The van der Waals surface area contributed by atoms with Crippen LogP contribution in [0, 0.1) is 23.0 Å². The lowest BCUT2D eigenvalue weighted by molar-refractivity contribution is 0.0694. The van der Waals surface area contributed by atoms with Crippen molar-refractivity contribution in [1.82, 2.24) is 0 Å². The summed E-state index contributed by atoms with van der Waals surface area (Å²) in [5.41, 5.74) is -0.780. The first kappa shape index (κ1) is 13.2. The van der Waals surface area contributed by atoms with Crippen LogP contribution in [-0.4, -0.2) is 36.9 Å². The molecule has 0 radical (unpaired) electrons. The fraction of sp³-hybridized carbons (Fsp3) is 0.333. The lowest BCUT2D eigenvalue weighted by Crippen LogP contribution is -2.42. The van der Waals surface area contributed by atoms with Crippen molar-refractivity contribution in [2.75, 3.05) is 24.6 Å². The van der Waals surface area contributed by atoms with Gasteiger partial charge in [0.2, 0.25) is 0 Å². The number of carbonyl (C=O) groups is 1. The summed E-state index contributed by atoms with van der Waals surface area (Å²) in [5, 5.41) is 17.4. The summed E-state index contributed by atoms with van der Waals surface area (Å²) >= 11 is 0. The second kappa shape index (κ2) is 5.20. The highest BCUT2D eigenvalue weighted by molar-refractivity contribution is 5.88. The van der Waals surface area contributed by atoms with E-state index in [1.807, 2.05) is 6.07 Å². The van der Waals surface area contributed by atoms with Crippen LogP contribution in [0.3, 0.4) is 0 Å². The van der Waals surface area contributed by atoms with Crippen LogP contribution in [-0.2, 0) is 4.74 Å². The summed E-state index contributed by atoms with van der Waals surface area (Å²) in [7, 11) is 0. The van der Waals surface area contributed by atoms with Crippen molar-refractivity contribution in [2.45, 2.75) is 6.10 Å². The molecule has 7 heteroatoms. The van der Waals surface area contributed by atoms with Crippen molar-refractivity contribution < 1.29 is 23.4 Å². The molecule has 1 saturated heterocycles. The summed E-state index contributed by atoms with van der Waals surface area (Å²) in [6.07, 6.45) is -0.758. The van der Waals surface area contributed by atoms with Gasteiger partial charge >= 0.3 is 5.97 Å². The molecule has 0 bridgehead atoms. The minimum absolute atomic E-state index is 0.0385. The first-order valence-corrected chi connectivity index (χ1v) is 5.51. The standard InChI is InChI=1S/C12H10F2N2O3/c13-9-3-7(12(17)18)4-10(14)11(9)16-1-2-19-8(5-15)6-16/h3-4,8H,1-2,6H2,(H,17,18). The molecule has 0 amide bonds. The van der Waals surface area contributed by atoms with Gasteiger partial charge < -0.3 is 14.7 Å². The maximum atomic E-state index is 13.8. The minimum Gasteiger partial charge on any atom is -0.478 e. The zero-order valence-electron chi connectivity index (χ0n) is 9.77. The van der Waals surface area contributed by atoms with Crippen molar-refractivity contribution in [1.29, 1.82) is 5.26 Å². The van der Waals surface area contributed by atoms with Gasteiger partial charge in [-0.05, 0) is 12.1 Å². The third kappa shape index (κ3) is 2.63. The molecule has 1 atom stereocenters. The Labute approximate surface area is 107 Å². The molecule has 5 nitrogen and oxygen atoms in total. The number of nitriles is 1. The third-order valence-electron chi connectivity index (χ3n) is 2.79. The Morgan fingerprint density at radius 1 is 1.47 bits per heavy atom. The molecule has 19 heavy (non-hydrogen) atoms. The van der Waals surface area contributed by atoms with E-state index in [2.05, 4.69) is 0 Å². The quantitative estimate of drug-likeness (QED) is 0.877. The van der Waals surface area contributed by atoms with Gasteiger partial charge in [-0.15, -0.1) is 0 Å². The zero-order chi connectivity index (χ0) is 14.0. The highest BCUT2D eigenvalue weighted by Crippen LogP contribution is 2.26. The second-order valence-corrected chi connectivity index (χ2v) is 4.03. The number of anilines is 1. The maximum Gasteiger partial charge on any atom is 0.335 e. The molecule has 1 fully saturated rings. The number of morpholine rings is 1. The fourth-order valence-electron chi connectivity index (χ4n) is 1.92. The molecule has 100 valence electrons. The SMILES string of the molecule is N#CC1CN(c2c(F)cc(C(=O)O)cc2F)CCO1. The van der Waals surface area contributed by atoms with Gasteiger partial charge in [0.05, 0.1) is 24.8 Å². The molecule has 1 N–H and O–H groups in total. The topological polar surface area (TPSA) is 73.6 Å². The average molecular weight is 268 g/mol. The molecular formula is C12H10F2N2O3. The second-order valence-electron chi connectivity index (χ2n) is 4.03. The Kier molecular flexibility index (Phi) is 3.62. The molecule has 2 rings (SSSR count). The van der Waals surface area contributed by atoms with Gasteiger partial charge in [-0.3, -0.25) is 0 Å². The average Bonchev–Trinajstić information content (AvgIpc) is 2.38. The van der Waals surface area contributed by atoms with Crippen LogP contribution in [0.1, 0.15) is 10.4 Å². The van der Waals surface area contributed by atoms with Gasteiger partial charge in [0.15, 0.2) is 6.10 Å². The van der Waals surface area contributed by atoms with E-state index in [1.54, 1.807) is 0 Å². The van der Waals surface area contributed by atoms with Crippen LogP contribution in [0.5, 0.6) is 0 Å². The fourth-order valence-corrected chi connectivity index (χ4v) is 1.92.